The lowest BCUT2D eigenvalue weighted by molar-refractivity contribution is 1.33. The molecule has 0 N–H and O–H groups in total. The van der Waals surface area contributed by atoms with Gasteiger partial charge in [-0.3, -0.25) is 4.98 Å². The second-order valence-electron chi connectivity index (χ2n) is 1.02. The first-order valence-electron chi connectivity index (χ1n) is 1.85. The van der Waals surface area contributed by atoms with Crippen molar-refractivity contribution in [2.45, 2.75) is 0 Å². The SMILES string of the molecule is c1cc[14n]cc1. The molecule has 0 fully saturated rings. The van der Waals surface area contributed by atoms with E-state index >= 15 is 0 Å². The fourth-order valence-corrected chi connectivity index (χ4v) is 0.313. The van der Waals surface area contributed by atoms with Crippen LogP contribution in [0.3, 0.4) is 0 Å². The lowest BCUT2D eigenvalue weighted by Gasteiger charge is -1.70. The van der Waals surface area contributed by atoms with Gasteiger partial charge in [-0.2, -0.15) is 0 Å². The molecule has 1 heteroatoms. The first kappa shape index (κ1) is 3.34. The summed E-state index contributed by atoms with van der Waals surface area (Å²) in [6, 6.07) is 5.72. The van der Waals surface area contributed by atoms with Crippen LogP contribution in [-0.2, 0) is 0 Å². The molecule has 30 valence electrons. The summed E-state index contributed by atoms with van der Waals surface area (Å²) in [5.74, 6) is 0. The van der Waals surface area contributed by atoms with Crippen molar-refractivity contribution < 1.29 is 0 Å². The molecule has 0 radical (unpaired) electrons. The summed E-state index contributed by atoms with van der Waals surface area (Å²) in [6.07, 6.45) is 3.50. The molecule has 0 amide bonds. The third kappa shape index (κ3) is 0.549. The molecule has 0 atom stereocenters. The summed E-state index contributed by atoms with van der Waals surface area (Å²) >= 11 is 0. The van der Waals surface area contributed by atoms with Gasteiger partial charge in [-0.25, -0.2) is 0 Å². The average Bonchev–Trinajstić information content (AvgIpc) is 1.72. The highest BCUT2D eigenvalue weighted by molar-refractivity contribution is 4.88. The van der Waals surface area contributed by atoms with Crippen molar-refractivity contribution in [2.24, 2.45) is 0 Å². The summed E-state index contributed by atoms with van der Waals surface area (Å²) in [4.78, 5) is 3.78. The molecule has 1 aromatic rings. The van der Waals surface area contributed by atoms with Gasteiger partial charge < -0.3 is 0 Å². The van der Waals surface area contributed by atoms with Crippen LogP contribution in [0.5, 0.6) is 0 Å². The monoisotopic (exact) mass is 79.0 g/mol. The maximum Gasteiger partial charge on any atom is 0.0267 e. The van der Waals surface area contributed by atoms with E-state index in [9.17, 15) is 0 Å². The van der Waals surface area contributed by atoms with Crippen LogP contribution in [0.15, 0.2) is 30.6 Å². The first-order chi connectivity index (χ1) is 3.00. The molecule has 1 aromatic heterocycles. The minimum atomic E-state index is 1.75. The number of nitrogens with zero attached hydrogens (tertiary/aromatic N) is 1. The van der Waals surface area contributed by atoms with Crippen LogP contribution in [0.2, 0.25) is 0 Å². The number of aromatic nitrogens is 1. The number of hydrogen-bond donors (Lipinski definition) is 0. The molecular weight excluding hydrogens is 74.1 g/mol. The van der Waals surface area contributed by atoms with E-state index in [4.69, 9.17) is 0 Å². The molecule has 0 bridgehead atoms. The van der Waals surface area contributed by atoms with Crippen molar-refractivity contribution in [3.8, 4) is 0 Å². The standard InChI is InChI=1S/C5H5N/c1-2-4-6-5-3-1/h1-5H/i6+0. The van der Waals surface area contributed by atoms with Crippen LogP contribution < -0.4 is 0 Å². The van der Waals surface area contributed by atoms with Gasteiger partial charge in [-0.15, -0.1) is 0 Å². The van der Waals surface area contributed by atoms with Gasteiger partial charge in [0.2, 0.25) is 0 Å². The van der Waals surface area contributed by atoms with Crippen molar-refractivity contribution in [1.82, 2.24) is 4.98 Å². The Morgan fingerprint density at radius 1 is 0.833 bits per heavy atom. The third-order valence-corrected chi connectivity index (χ3v) is 0.566. The summed E-state index contributed by atoms with van der Waals surface area (Å²) in [5.41, 5.74) is 0. The molecular formula is C5H5N. The second-order valence-corrected chi connectivity index (χ2v) is 1.02. The van der Waals surface area contributed by atoms with Crippen molar-refractivity contribution in [3.63, 3.8) is 0 Å². The summed E-state index contributed by atoms with van der Waals surface area (Å²) in [6.45, 7) is 0. The molecule has 1 rings (SSSR count). The van der Waals surface area contributed by atoms with Gasteiger partial charge in [0.15, 0.2) is 0 Å². The van der Waals surface area contributed by atoms with E-state index in [0.717, 1.165) is 0 Å². The Balaban J connectivity index is 3.00. The maximum atomic E-state index is 3.78. The highest BCUT2D eigenvalue weighted by atomic mass is 14.6. The molecule has 6 heavy (non-hydrogen) atoms. The van der Waals surface area contributed by atoms with Crippen molar-refractivity contribution in [3.05, 3.63) is 30.6 Å². The van der Waals surface area contributed by atoms with Gasteiger partial charge in [-0.05, 0) is 12.1 Å². The lowest BCUT2D eigenvalue weighted by Crippen LogP contribution is -1.58. The van der Waals surface area contributed by atoms with Crippen LogP contribution in [-0.4, -0.2) is 4.98 Å². The first-order valence-corrected chi connectivity index (χ1v) is 1.85. The van der Waals surface area contributed by atoms with Gasteiger partial charge >= 0.3 is 0 Å². The second kappa shape index (κ2) is 1.55. The lowest BCUT2D eigenvalue weighted by atomic mass is 10.5. The highest BCUT2D eigenvalue weighted by Crippen LogP contribution is 1.73. The Labute approximate surface area is 36.7 Å². The van der Waals surface area contributed by atoms with Crippen LogP contribution in [0.25, 0.3) is 0 Å². The smallest absolute Gasteiger partial charge is 0.0267 e. The molecule has 0 aliphatic heterocycles. The summed E-state index contributed by atoms with van der Waals surface area (Å²) in [7, 11) is 0. The molecule has 0 aromatic carbocycles. The number of rotatable bonds is 0. The van der Waals surface area contributed by atoms with Crippen LogP contribution in [0, 0.1) is 0 Å². The van der Waals surface area contributed by atoms with Gasteiger partial charge in [-0.1, -0.05) is 6.07 Å². The van der Waals surface area contributed by atoms with Crippen LogP contribution in [0.4, 0.5) is 0 Å². The van der Waals surface area contributed by atoms with Gasteiger partial charge in [0.05, 0.1) is 0 Å². The van der Waals surface area contributed by atoms with E-state index in [1.165, 1.54) is 0 Å². The van der Waals surface area contributed by atoms with E-state index < -0.39 is 0 Å². The Morgan fingerprint density at radius 3 is 1.67 bits per heavy atom. The van der Waals surface area contributed by atoms with E-state index in [1.807, 2.05) is 18.2 Å². The van der Waals surface area contributed by atoms with Crippen molar-refractivity contribution in [1.29, 1.82) is 0 Å². The Morgan fingerprint density at radius 2 is 1.50 bits per heavy atom. The Kier molecular flexibility index (Phi) is 0.865. The minimum absolute atomic E-state index is 1.75. The Hall–Kier alpha value is -0.850. The van der Waals surface area contributed by atoms with Gasteiger partial charge in [0, 0.05) is 12.4 Å². The molecule has 1 nitrogen and oxygen atoms in total. The largest absolute Gasteiger partial charge is 0.265 e. The number of hydrogen-bond acceptors (Lipinski definition) is 1. The summed E-state index contributed by atoms with van der Waals surface area (Å²) in [5, 5.41) is 0. The van der Waals surface area contributed by atoms with Crippen LogP contribution >= 0.6 is 0 Å². The van der Waals surface area contributed by atoms with E-state index in [0.29, 0.717) is 0 Å². The molecule has 0 unspecified atom stereocenters. The average molecular weight is 79.1 g/mol. The molecule has 0 saturated heterocycles. The quantitative estimate of drug-likeness (QED) is 0.453. The Bertz CT molecular complexity index is 75.9. The minimum Gasteiger partial charge on any atom is -0.265 e. The fraction of sp³-hybridized carbons (Fsp3) is 0. The predicted octanol–water partition coefficient (Wildman–Crippen LogP) is 1.08. The molecule has 1 heterocycles. The molecule has 0 aliphatic rings. The maximum absolute atomic E-state index is 3.78. The zero-order chi connectivity index (χ0) is 4.24. The topological polar surface area (TPSA) is 12.9 Å². The van der Waals surface area contributed by atoms with E-state index in [2.05, 4.69) is 4.98 Å². The number of pyridine rings is 1. The summed E-state index contributed by atoms with van der Waals surface area (Å²) < 4.78 is 0. The van der Waals surface area contributed by atoms with Crippen molar-refractivity contribution >= 4 is 0 Å². The van der Waals surface area contributed by atoms with E-state index in [1.54, 1.807) is 12.4 Å². The fourth-order valence-electron chi connectivity index (χ4n) is 0.313. The zero-order valence-electron chi connectivity index (χ0n) is 3.33. The van der Waals surface area contributed by atoms with Crippen LogP contribution in [0.1, 0.15) is 0 Å². The van der Waals surface area contributed by atoms with Crippen molar-refractivity contribution in [2.75, 3.05) is 0 Å². The normalized spacial score (nSPS) is 8.00. The third-order valence-electron chi connectivity index (χ3n) is 0.566. The highest BCUT2D eigenvalue weighted by Gasteiger charge is 1.58. The molecule has 0 spiro atoms. The van der Waals surface area contributed by atoms with Gasteiger partial charge in [0.25, 0.3) is 0 Å². The molecule has 0 saturated carbocycles. The van der Waals surface area contributed by atoms with Gasteiger partial charge in [0.1, 0.15) is 0 Å². The predicted molar refractivity (Wildman–Crippen MR) is 24.2 cm³/mol. The molecule has 0 aliphatic carbocycles. The zero-order valence-corrected chi connectivity index (χ0v) is 3.33. The van der Waals surface area contributed by atoms with E-state index in [-0.39, 0.29) is 0 Å².